The Bertz CT molecular complexity index is 1280. The monoisotopic (exact) mass is 394 g/mol. The van der Waals surface area contributed by atoms with E-state index < -0.39 is 0 Å². The molecule has 8 heteroatoms. The molecule has 0 aliphatic rings. The van der Waals surface area contributed by atoms with Gasteiger partial charge in [0.2, 0.25) is 5.78 Å². The highest BCUT2D eigenvalue weighted by Gasteiger charge is 2.19. The summed E-state index contributed by atoms with van der Waals surface area (Å²) in [4.78, 5) is 24.9. The number of hydrogen-bond acceptors (Lipinski definition) is 6. The molecule has 0 unspecified atom stereocenters. The first-order chi connectivity index (χ1) is 13.5. The Balaban J connectivity index is 2.05. The summed E-state index contributed by atoms with van der Waals surface area (Å²) in [6, 6.07) is 13.2. The molecule has 4 rings (SSSR count). The number of ether oxygens (including phenoxy) is 1. The second kappa shape index (κ2) is 7.12. The summed E-state index contributed by atoms with van der Waals surface area (Å²) < 4.78 is 8.10. The molecule has 28 heavy (non-hydrogen) atoms. The summed E-state index contributed by atoms with van der Waals surface area (Å²) in [6.45, 7) is 3.97. The molecule has 0 atom stereocenters. The summed E-state index contributed by atoms with van der Waals surface area (Å²) in [7, 11) is 1.35. The highest BCUT2D eigenvalue weighted by molar-refractivity contribution is 7.99. The SMILES string of the molecule is COC(=O)CSc1nnc2n(-c3ccc(C)cc3C)c(=O)c3ccccc3n12. The van der Waals surface area contributed by atoms with Crippen molar-refractivity contribution in [3.8, 4) is 5.69 Å². The standard InChI is InChI=1S/C20H18N4O3S/c1-12-8-9-15(13(2)10-12)23-18(26)14-6-4-5-7-16(14)24-19(23)21-22-20(24)28-11-17(25)27-3/h4-10H,11H2,1-3H3. The Kier molecular flexibility index (Phi) is 4.64. The third kappa shape index (κ3) is 2.95. The lowest BCUT2D eigenvalue weighted by atomic mass is 10.1. The zero-order valence-corrected chi connectivity index (χ0v) is 16.5. The van der Waals surface area contributed by atoms with Crippen LogP contribution in [0.15, 0.2) is 52.4 Å². The fourth-order valence-electron chi connectivity index (χ4n) is 3.23. The maximum atomic E-state index is 13.3. The predicted octanol–water partition coefficient (Wildman–Crippen LogP) is 2.92. The second-order valence-corrected chi connectivity index (χ2v) is 7.37. The molecule has 2 aromatic carbocycles. The molecule has 2 heterocycles. The Hall–Kier alpha value is -3.13. The predicted molar refractivity (Wildman–Crippen MR) is 108 cm³/mol. The normalized spacial score (nSPS) is 11.2. The van der Waals surface area contributed by atoms with Crippen LogP contribution in [0.2, 0.25) is 0 Å². The van der Waals surface area contributed by atoms with Gasteiger partial charge in [-0.15, -0.1) is 10.2 Å². The molecule has 2 aromatic heterocycles. The van der Waals surface area contributed by atoms with Gasteiger partial charge in [-0.25, -0.2) is 4.57 Å². The van der Waals surface area contributed by atoms with Crippen molar-refractivity contribution in [3.05, 3.63) is 63.9 Å². The number of esters is 1. The van der Waals surface area contributed by atoms with Crippen molar-refractivity contribution in [2.24, 2.45) is 0 Å². The maximum Gasteiger partial charge on any atom is 0.316 e. The molecule has 0 aliphatic heterocycles. The van der Waals surface area contributed by atoms with Crippen molar-refractivity contribution >= 4 is 34.4 Å². The molecule has 0 aliphatic carbocycles. The molecule has 7 nitrogen and oxygen atoms in total. The van der Waals surface area contributed by atoms with Crippen LogP contribution in [0, 0.1) is 13.8 Å². The lowest BCUT2D eigenvalue weighted by molar-refractivity contribution is -0.137. The fraction of sp³-hybridized carbons (Fsp3) is 0.200. The van der Waals surface area contributed by atoms with Crippen molar-refractivity contribution < 1.29 is 9.53 Å². The molecular weight excluding hydrogens is 376 g/mol. The van der Waals surface area contributed by atoms with E-state index in [1.807, 2.05) is 54.6 Å². The number of rotatable bonds is 4. The fourth-order valence-corrected chi connectivity index (χ4v) is 4.00. The zero-order valence-electron chi connectivity index (χ0n) is 15.7. The van der Waals surface area contributed by atoms with E-state index in [0.717, 1.165) is 16.8 Å². The van der Waals surface area contributed by atoms with E-state index in [9.17, 15) is 9.59 Å². The van der Waals surface area contributed by atoms with Crippen LogP contribution in [0.25, 0.3) is 22.4 Å². The number of aromatic nitrogens is 4. The molecule has 0 saturated carbocycles. The number of carbonyl (C=O) groups excluding carboxylic acids is 1. The van der Waals surface area contributed by atoms with Gasteiger partial charge in [0.25, 0.3) is 5.56 Å². The molecule has 142 valence electrons. The van der Waals surface area contributed by atoms with Crippen molar-refractivity contribution in [1.29, 1.82) is 0 Å². The van der Waals surface area contributed by atoms with E-state index in [-0.39, 0.29) is 17.3 Å². The van der Waals surface area contributed by atoms with Crippen molar-refractivity contribution in [3.63, 3.8) is 0 Å². The first-order valence-corrected chi connectivity index (χ1v) is 9.66. The van der Waals surface area contributed by atoms with E-state index in [0.29, 0.717) is 21.8 Å². The minimum Gasteiger partial charge on any atom is -0.468 e. The van der Waals surface area contributed by atoms with Gasteiger partial charge in [-0.2, -0.15) is 0 Å². The van der Waals surface area contributed by atoms with Gasteiger partial charge < -0.3 is 4.74 Å². The lowest BCUT2D eigenvalue weighted by Gasteiger charge is -2.13. The lowest BCUT2D eigenvalue weighted by Crippen LogP contribution is -2.22. The van der Waals surface area contributed by atoms with Gasteiger partial charge in [0, 0.05) is 0 Å². The number of carbonyl (C=O) groups is 1. The summed E-state index contributed by atoms with van der Waals surface area (Å²) in [5.74, 6) is 0.158. The maximum absolute atomic E-state index is 13.3. The minimum atomic E-state index is -0.353. The largest absolute Gasteiger partial charge is 0.468 e. The first kappa shape index (κ1) is 18.2. The van der Waals surface area contributed by atoms with Crippen LogP contribution in [0.4, 0.5) is 0 Å². The van der Waals surface area contributed by atoms with Crippen LogP contribution in [0.3, 0.4) is 0 Å². The smallest absolute Gasteiger partial charge is 0.316 e. The number of aryl methyl sites for hydroxylation is 2. The quantitative estimate of drug-likeness (QED) is 0.391. The molecule has 0 radical (unpaired) electrons. The summed E-state index contributed by atoms with van der Waals surface area (Å²) in [5, 5.41) is 9.58. The van der Waals surface area contributed by atoms with E-state index in [1.54, 1.807) is 10.6 Å². The summed E-state index contributed by atoms with van der Waals surface area (Å²) in [5.41, 5.74) is 3.36. The van der Waals surface area contributed by atoms with Crippen LogP contribution >= 0.6 is 11.8 Å². The van der Waals surface area contributed by atoms with Gasteiger partial charge in [-0.3, -0.25) is 14.0 Å². The Morgan fingerprint density at radius 3 is 2.68 bits per heavy atom. The average Bonchev–Trinajstić information content (AvgIpc) is 3.11. The Morgan fingerprint density at radius 2 is 1.93 bits per heavy atom. The third-order valence-corrected chi connectivity index (χ3v) is 5.44. The highest BCUT2D eigenvalue weighted by Crippen LogP contribution is 2.24. The molecule has 0 spiro atoms. The molecule has 4 aromatic rings. The number of benzene rings is 2. The third-order valence-electron chi connectivity index (χ3n) is 4.53. The number of fused-ring (bicyclic) bond motifs is 3. The topological polar surface area (TPSA) is 78.5 Å². The van der Waals surface area contributed by atoms with Crippen molar-refractivity contribution in [1.82, 2.24) is 19.2 Å². The summed E-state index contributed by atoms with van der Waals surface area (Å²) >= 11 is 1.22. The average molecular weight is 394 g/mol. The Labute approximate surface area is 165 Å². The van der Waals surface area contributed by atoms with Crippen LogP contribution < -0.4 is 5.56 Å². The molecule has 0 bridgehead atoms. The van der Waals surface area contributed by atoms with Gasteiger partial charge >= 0.3 is 5.97 Å². The molecule has 0 amide bonds. The minimum absolute atomic E-state index is 0.105. The molecule has 0 saturated heterocycles. The van der Waals surface area contributed by atoms with Crippen molar-refractivity contribution in [2.45, 2.75) is 19.0 Å². The summed E-state index contributed by atoms with van der Waals surface area (Å²) in [6.07, 6.45) is 0. The van der Waals surface area contributed by atoms with Crippen LogP contribution in [-0.2, 0) is 9.53 Å². The molecule has 0 N–H and O–H groups in total. The number of hydrogen-bond donors (Lipinski definition) is 0. The van der Waals surface area contributed by atoms with Crippen molar-refractivity contribution in [2.75, 3.05) is 12.9 Å². The molecule has 0 fully saturated rings. The second-order valence-electron chi connectivity index (χ2n) is 6.43. The van der Waals surface area contributed by atoms with Crippen LogP contribution in [0.5, 0.6) is 0 Å². The number of thioether (sulfide) groups is 1. The van der Waals surface area contributed by atoms with Crippen LogP contribution in [-0.4, -0.2) is 38.0 Å². The van der Waals surface area contributed by atoms with E-state index in [2.05, 4.69) is 10.2 Å². The van der Waals surface area contributed by atoms with E-state index >= 15 is 0 Å². The van der Waals surface area contributed by atoms with Gasteiger partial charge in [-0.1, -0.05) is 41.6 Å². The van der Waals surface area contributed by atoms with Gasteiger partial charge in [0.1, 0.15) is 0 Å². The van der Waals surface area contributed by atoms with E-state index in [4.69, 9.17) is 4.74 Å². The van der Waals surface area contributed by atoms with Gasteiger partial charge in [0.15, 0.2) is 5.16 Å². The first-order valence-electron chi connectivity index (χ1n) is 8.67. The Morgan fingerprint density at radius 1 is 1.14 bits per heavy atom. The molecular formula is C20H18N4O3S. The zero-order chi connectivity index (χ0) is 19.8. The van der Waals surface area contributed by atoms with Gasteiger partial charge in [-0.05, 0) is 37.6 Å². The number of para-hydroxylation sites is 1. The number of nitrogens with zero attached hydrogens (tertiary/aromatic N) is 4. The van der Waals surface area contributed by atoms with E-state index in [1.165, 1.54) is 18.9 Å². The highest BCUT2D eigenvalue weighted by atomic mass is 32.2. The van der Waals surface area contributed by atoms with Gasteiger partial charge in [0.05, 0.1) is 29.5 Å². The number of methoxy groups -OCH3 is 1. The van der Waals surface area contributed by atoms with Crippen LogP contribution in [0.1, 0.15) is 11.1 Å².